The molecule has 4 rings (SSSR count). The van der Waals surface area contributed by atoms with Gasteiger partial charge in [-0.2, -0.15) is 5.10 Å². The van der Waals surface area contributed by atoms with E-state index in [2.05, 4.69) is 35.6 Å². The average molecular weight is 356 g/mol. The fourth-order valence-electron chi connectivity index (χ4n) is 3.77. The molecule has 24 heavy (non-hydrogen) atoms. The topological polar surface area (TPSA) is 27.6 Å². The normalized spacial score (nSPS) is 21.8. The highest BCUT2D eigenvalue weighted by molar-refractivity contribution is 7.80. The van der Waals surface area contributed by atoms with E-state index in [0.29, 0.717) is 11.0 Å². The summed E-state index contributed by atoms with van der Waals surface area (Å²) < 4.78 is 0. The molecule has 1 aliphatic heterocycles. The molecule has 0 spiro atoms. The van der Waals surface area contributed by atoms with Crippen molar-refractivity contribution < 1.29 is 0 Å². The molecule has 0 radical (unpaired) electrons. The van der Waals surface area contributed by atoms with Crippen LogP contribution in [-0.2, 0) is 6.42 Å². The minimum absolute atomic E-state index is 0.0435. The summed E-state index contributed by atoms with van der Waals surface area (Å²) in [6.07, 6.45) is 2.11. The fraction of sp³-hybridized carbons (Fsp3) is 0.263. The van der Waals surface area contributed by atoms with Gasteiger partial charge in [0.05, 0.1) is 11.8 Å². The lowest BCUT2D eigenvalue weighted by molar-refractivity contribution is 0.305. The van der Waals surface area contributed by atoms with E-state index in [1.54, 1.807) is 0 Å². The number of benzene rings is 2. The summed E-state index contributed by atoms with van der Waals surface area (Å²) in [5.41, 5.74) is 4.81. The second-order valence-electron chi connectivity index (χ2n) is 6.15. The van der Waals surface area contributed by atoms with Crippen LogP contribution in [0, 0.1) is 5.92 Å². The van der Waals surface area contributed by atoms with Crippen molar-refractivity contribution in [1.29, 1.82) is 0 Å². The molecule has 2 atom stereocenters. The van der Waals surface area contributed by atoms with Crippen LogP contribution in [0.3, 0.4) is 0 Å². The van der Waals surface area contributed by atoms with Gasteiger partial charge >= 0.3 is 0 Å². The second kappa shape index (κ2) is 6.19. The zero-order chi connectivity index (χ0) is 16.7. The maximum absolute atomic E-state index is 6.51. The molecule has 1 heterocycles. The molecular weight excluding hydrogens is 338 g/mol. The molecule has 0 unspecified atom stereocenters. The Morgan fingerprint density at radius 3 is 2.75 bits per heavy atom. The molecule has 122 valence electrons. The van der Waals surface area contributed by atoms with Crippen LogP contribution in [0.25, 0.3) is 0 Å². The maximum atomic E-state index is 6.51. The van der Waals surface area contributed by atoms with E-state index in [-0.39, 0.29) is 6.04 Å². The molecular formula is C19H18ClN3S. The van der Waals surface area contributed by atoms with Crippen molar-refractivity contribution in [2.24, 2.45) is 11.0 Å². The Kier molecular flexibility index (Phi) is 4.02. The zero-order valence-corrected chi connectivity index (χ0v) is 14.9. The molecule has 0 amide bonds. The van der Waals surface area contributed by atoms with Crippen LogP contribution in [0.1, 0.15) is 29.2 Å². The lowest BCUT2D eigenvalue weighted by atomic mass is 9.77. The molecule has 0 fully saturated rings. The first kappa shape index (κ1) is 15.6. The first-order chi connectivity index (χ1) is 11.7. The van der Waals surface area contributed by atoms with E-state index in [1.165, 1.54) is 11.1 Å². The maximum Gasteiger partial charge on any atom is 0.189 e. The molecule has 3 nitrogen and oxygen atoms in total. The third-order valence-electron chi connectivity index (χ3n) is 4.88. The standard InChI is InChI=1S/C19H18ClN3S/c1-21-19(24)23-18(14-8-4-5-9-16(14)20)15-11-10-12-6-2-3-7-13(12)17(15)22-23/h2-9,15,18H,10-11H2,1H3,(H,21,24)/t15-,18+/m1/s1. The van der Waals surface area contributed by atoms with Crippen molar-refractivity contribution in [3.63, 3.8) is 0 Å². The van der Waals surface area contributed by atoms with Crippen LogP contribution in [0.5, 0.6) is 0 Å². The number of thiocarbonyl (C=S) groups is 1. The van der Waals surface area contributed by atoms with Crippen molar-refractivity contribution in [3.8, 4) is 0 Å². The molecule has 1 aliphatic carbocycles. The summed E-state index contributed by atoms with van der Waals surface area (Å²) in [7, 11) is 1.84. The monoisotopic (exact) mass is 355 g/mol. The van der Waals surface area contributed by atoms with Crippen LogP contribution >= 0.6 is 23.8 Å². The average Bonchev–Trinajstić information content (AvgIpc) is 3.01. The molecule has 0 aromatic heterocycles. The van der Waals surface area contributed by atoms with Crippen molar-refractivity contribution in [3.05, 3.63) is 70.2 Å². The van der Waals surface area contributed by atoms with Gasteiger partial charge in [-0.15, -0.1) is 0 Å². The number of fused-ring (bicyclic) bond motifs is 3. The van der Waals surface area contributed by atoms with Gasteiger partial charge in [0.1, 0.15) is 0 Å². The molecule has 0 saturated carbocycles. The zero-order valence-electron chi connectivity index (χ0n) is 13.4. The van der Waals surface area contributed by atoms with Gasteiger partial charge in [0.25, 0.3) is 0 Å². The molecule has 2 aromatic carbocycles. The summed E-state index contributed by atoms with van der Waals surface area (Å²) in [6.45, 7) is 0. The quantitative estimate of drug-likeness (QED) is 0.778. The molecule has 2 aromatic rings. The number of rotatable bonds is 1. The number of hydrogen-bond donors (Lipinski definition) is 1. The lowest BCUT2D eigenvalue weighted by Crippen LogP contribution is -2.37. The summed E-state index contributed by atoms with van der Waals surface area (Å²) in [5, 5.41) is 11.3. The summed E-state index contributed by atoms with van der Waals surface area (Å²) in [4.78, 5) is 0. The molecule has 0 saturated heterocycles. The Balaban J connectivity index is 1.84. The minimum Gasteiger partial charge on any atom is -0.364 e. The Hall–Kier alpha value is -1.91. The Morgan fingerprint density at radius 1 is 1.21 bits per heavy atom. The van der Waals surface area contributed by atoms with E-state index in [9.17, 15) is 0 Å². The van der Waals surface area contributed by atoms with E-state index >= 15 is 0 Å². The van der Waals surface area contributed by atoms with Crippen LogP contribution in [-0.4, -0.2) is 22.9 Å². The number of hydrazone groups is 1. The van der Waals surface area contributed by atoms with Gasteiger partial charge in [-0.3, -0.25) is 0 Å². The van der Waals surface area contributed by atoms with E-state index in [4.69, 9.17) is 28.9 Å². The first-order valence-electron chi connectivity index (χ1n) is 8.13. The number of halogens is 1. The van der Waals surface area contributed by atoms with Crippen LogP contribution in [0.15, 0.2) is 53.6 Å². The third kappa shape index (κ3) is 2.41. The molecule has 1 N–H and O–H groups in total. The molecule has 2 aliphatic rings. The van der Waals surface area contributed by atoms with Gasteiger partial charge in [0, 0.05) is 23.6 Å². The van der Waals surface area contributed by atoms with Crippen molar-refractivity contribution >= 4 is 34.6 Å². The summed E-state index contributed by atoms with van der Waals surface area (Å²) in [6, 6.07) is 16.6. The predicted molar refractivity (Wildman–Crippen MR) is 102 cm³/mol. The van der Waals surface area contributed by atoms with Gasteiger partial charge in [0.15, 0.2) is 5.11 Å². The Bertz CT molecular complexity index is 833. The number of hydrogen-bond acceptors (Lipinski definition) is 2. The van der Waals surface area contributed by atoms with Gasteiger partial charge in [-0.05, 0) is 42.3 Å². The highest BCUT2D eigenvalue weighted by Crippen LogP contribution is 2.44. The predicted octanol–water partition coefficient (Wildman–Crippen LogP) is 4.17. The fourth-order valence-corrected chi connectivity index (χ4v) is 4.17. The van der Waals surface area contributed by atoms with E-state index in [0.717, 1.165) is 29.1 Å². The Labute approximate surface area is 152 Å². The third-order valence-corrected chi connectivity index (χ3v) is 5.61. The minimum atomic E-state index is 0.0435. The number of nitrogens with one attached hydrogen (secondary N) is 1. The second-order valence-corrected chi connectivity index (χ2v) is 6.95. The van der Waals surface area contributed by atoms with E-state index < -0.39 is 0 Å². The number of aryl methyl sites for hydroxylation is 1. The largest absolute Gasteiger partial charge is 0.364 e. The van der Waals surface area contributed by atoms with Gasteiger partial charge < -0.3 is 5.32 Å². The smallest absolute Gasteiger partial charge is 0.189 e. The summed E-state index contributed by atoms with van der Waals surface area (Å²) >= 11 is 12.0. The number of nitrogens with zero attached hydrogens (tertiary/aromatic N) is 2. The van der Waals surface area contributed by atoms with Crippen molar-refractivity contribution in [2.75, 3.05) is 7.05 Å². The van der Waals surface area contributed by atoms with Gasteiger partial charge in [-0.25, -0.2) is 5.01 Å². The molecule has 0 bridgehead atoms. The Morgan fingerprint density at radius 2 is 1.96 bits per heavy atom. The highest BCUT2D eigenvalue weighted by Gasteiger charge is 2.43. The van der Waals surface area contributed by atoms with Crippen LogP contribution in [0.2, 0.25) is 5.02 Å². The van der Waals surface area contributed by atoms with Crippen molar-refractivity contribution in [1.82, 2.24) is 10.3 Å². The van der Waals surface area contributed by atoms with Crippen LogP contribution in [0.4, 0.5) is 0 Å². The van der Waals surface area contributed by atoms with Gasteiger partial charge in [-0.1, -0.05) is 54.1 Å². The molecule has 5 heteroatoms. The van der Waals surface area contributed by atoms with Crippen molar-refractivity contribution in [2.45, 2.75) is 18.9 Å². The first-order valence-corrected chi connectivity index (χ1v) is 8.91. The van der Waals surface area contributed by atoms with E-state index in [1.807, 2.05) is 30.3 Å². The van der Waals surface area contributed by atoms with Gasteiger partial charge in [0.2, 0.25) is 0 Å². The SMILES string of the molecule is CNC(=S)N1N=C2c3ccccc3CC[C@H]2[C@@H]1c1ccccc1Cl. The van der Waals surface area contributed by atoms with Crippen LogP contribution < -0.4 is 5.32 Å². The lowest BCUT2D eigenvalue weighted by Gasteiger charge is -2.31. The highest BCUT2D eigenvalue weighted by atomic mass is 35.5. The summed E-state index contributed by atoms with van der Waals surface area (Å²) in [5.74, 6) is 0.297.